The van der Waals surface area contributed by atoms with Gasteiger partial charge in [-0.05, 0) is 31.5 Å². The molecular weight excluding hydrogens is 204 g/mol. The third kappa shape index (κ3) is 1.60. The number of benzene rings is 1. The van der Waals surface area contributed by atoms with E-state index in [2.05, 4.69) is 10.3 Å². The third-order valence-corrected chi connectivity index (χ3v) is 3.04. The lowest BCUT2D eigenvalue weighted by Crippen LogP contribution is -2.28. The lowest BCUT2D eigenvalue weighted by Gasteiger charge is -2.14. The summed E-state index contributed by atoms with van der Waals surface area (Å²) in [6.45, 7) is 0.960. The number of nitrogens with zero attached hydrogens (tertiary/aromatic N) is 1. The zero-order chi connectivity index (χ0) is 11.0. The minimum absolute atomic E-state index is 0.0769. The predicted molar refractivity (Wildman–Crippen MR) is 60.0 cm³/mol. The van der Waals surface area contributed by atoms with Crippen LogP contribution in [0.15, 0.2) is 28.7 Å². The molecule has 2 aromatic rings. The van der Waals surface area contributed by atoms with E-state index in [4.69, 9.17) is 4.42 Å². The predicted octanol–water partition coefficient (Wildman–Crippen LogP) is 1.61. The molecule has 2 heterocycles. The molecule has 1 aromatic carbocycles. The van der Waals surface area contributed by atoms with Crippen molar-refractivity contribution in [2.75, 3.05) is 6.54 Å². The number of rotatable bonds is 2. The fourth-order valence-corrected chi connectivity index (χ4v) is 2.17. The summed E-state index contributed by atoms with van der Waals surface area (Å²) in [7, 11) is 0. The van der Waals surface area contributed by atoms with E-state index in [9.17, 15) is 5.11 Å². The van der Waals surface area contributed by atoms with Crippen LogP contribution in [-0.4, -0.2) is 22.7 Å². The number of fused-ring (bicyclic) bond motifs is 1. The molecule has 0 bridgehead atoms. The molecule has 2 atom stereocenters. The van der Waals surface area contributed by atoms with Crippen LogP contribution in [0.4, 0.5) is 0 Å². The van der Waals surface area contributed by atoms with Gasteiger partial charge in [0, 0.05) is 6.04 Å². The first-order valence-electron chi connectivity index (χ1n) is 5.61. The maximum atomic E-state index is 10.1. The third-order valence-electron chi connectivity index (χ3n) is 3.04. The van der Waals surface area contributed by atoms with Gasteiger partial charge in [0.2, 0.25) is 5.89 Å². The first-order valence-corrected chi connectivity index (χ1v) is 5.61. The van der Waals surface area contributed by atoms with Crippen LogP contribution in [-0.2, 0) is 0 Å². The van der Waals surface area contributed by atoms with Crippen LogP contribution in [0.1, 0.15) is 24.8 Å². The minimum atomic E-state index is -0.644. The Hall–Kier alpha value is -1.39. The van der Waals surface area contributed by atoms with E-state index in [1.54, 1.807) is 0 Å². The molecule has 16 heavy (non-hydrogen) atoms. The van der Waals surface area contributed by atoms with Crippen molar-refractivity contribution in [2.24, 2.45) is 0 Å². The highest BCUT2D eigenvalue weighted by Crippen LogP contribution is 2.25. The summed E-state index contributed by atoms with van der Waals surface area (Å²) in [5.74, 6) is 0.417. The van der Waals surface area contributed by atoms with E-state index < -0.39 is 6.10 Å². The number of oxazole rings is 1. The Labute approximate surface area is 93.3 Å². The normalized spacial score (nSPS) is 22.7. The van der Waals surface area contributed by atoms with Crippen molar-refractivity contribution < 1.29 is 9.52 Å². The van der Waals surface area contributed by atoms with E-state index in [0.29, 0.717) is 5.89 Å². The first kappa shape index (κ1) is 9.81. The van der Waals surface area contributed by atoms with E-state index in [1.807, 2.05) is 24.3 Å². The summed E-state index contributed by atoms with van der Waals surface area (Å²) < 4.78 is 5.54. The van der Waals surface area contributed by atoms with Crippen molar-refractivity contribution in [1.29, 1.82) is 0 Å². The van der Waals surface area contributed by atoms with Gasteiger partial charge in [-0.3, -0.25) is 0 Å². The molecule has 0 aliphatic carbocycles. The number of aliphatic hydroxyl groups is 1. The van der Waals surface area contributed by atoms with Crippen LogP contribution in [0.5, 0.6) is 0 Å². The standard InChI is InChI=1S/C12H14N2O2/c15-11(9-5-3-7-13-9)12-14-8-4-1-2-6-10(8)16-12/h1-2,4,6,9,11,13,15H,3,5,7H2/t9-,11?/m0/s1. The zero-order valence-corrected chi connectivity index (χ0v) is 8.89. The number of aromatic nitrogens is 1. The van der Waals surface area contributed by atoms with Crippen molar-refractivity contribution in [1.82, 2.24) is 10.3 Å². The lowest BCUT2D eigenvalue weighted by atomic mass is 10.1. The number of aliphatic hydroxyl groups excluding tert-OH is 1. The topological polar surface area (TPSA) is 58.3 Å². The van der Waals surface area contributed by atoms with Gasteiger partial charge in [0.25, 0.3) is 0 Å². The molecule has 0 amide bonds. The van der Waals surface area contributed by atoms with Crippen molar-refractivity contribution in [2.45, 2.75) is 25.0 Å². The molecule has 1 aromatic heterocycles. The quantitative estimate of drug-likeness (QED) is 0.804. The molecule has 1 saturated heterocycles. The van der Waals surface area contributed by atoms with Gasteiger partial charge in [0.15, 0.2) is 5.58 Å². The highest BCUT2D eigenvalue weighted by atomic mass is 16.4. The van der Waals surface area contributed by atoms with Gasteiger partial charge in [-0.25, -0.2) is 4.98 Å². The van der Waals surface area contributed by atoms with Gasteiger partial charge in [0.1, 0.15) is 11.6 Å². The van der Waals surface area contributed by atoms with Crippen molar-refractivity contribution in [3.63, 3.8) is 0 Å². The average molecular weight is 218 g/mol. The SMILES string of the molecule is OC(c1nc2ccccc2o1)[C@@H]1CCCN1. The van der Waals surface area contributed by atoms with Crippen LogP contribution in [0, 0.1) is 0 Å². The smallest absolute Gasteiger partial charge is 0.225 e. The number of para-hydroxylation sites is 2. The molecule has 84 valence electrons. The van der Waals surface area contributed by atoms with Crippen molar-refractivity contribution in [3.8, 4) is 0 Å². The Bertz CT molecular complexity index is 455. The summed E-state index contributed by atoms with van der Waals surface area (Å²) in [5, 5.41) is 13.4. The lowest BCUT2D eigenvalue weighted by molar-refractivity contribution is 0.109. The molecule has 1 aliphatic rings. The second-order valence-corrected chi connectivity index (χ2v) is 4.17. The van der Waals surface area contributed by atoms with Crippen LogP contribution < -0.4 is 5.32 Å². The van der Waals surface area contributed by atoms with Crippen LogP contribution in [0.25, 0.3) is 11.1 Å². The molecule has 1 fully saturated rings. The van der Waals surface area contributed by atoms with Crippen molar-refractivity contribution >= 4 is 11.1 Å². The van der Waals surface area contributed by atoms with Crippen LogP contribution in [0.2, 0.25) is 0 Å². The summed E-state index contributed by atoms with van der Waals surface area (Å²) in [4.78, 5) is 4.30. The first-order chi connectivity index (χ1) is 7.84. The van der Waals surface area contributed by atoms with E-state index in [-0.39, 0.29) is 6.04 Å². The number of nitrogens with one attached hydrogen (secondary N) is 1. The molecule has 4 nitrogen and oxygen atoms in total. The second-order valence-electron chi connectivity index (χ2n) is 4.17. The van der Waals surface area contributed by atoms with Gasteiger partial charge >= 0.3 is 0 Å². The fraction of sp³-hybridized carbons (Fsp3) is 0.417. The average Bonchev–Trinajstić information content (AvgIpc) is 2.97. The number of hydrogen-bond acceptors (Lipinski definition) is 4. The molecule has 1 aliphatic heterocycles. The summed E-state index contributed by atoms with van der Waals surface area (Å²) in [6.07, 6.45) is 1.43. The van der Waals surface area contributed by atoms with Gasteiger partial charge in [-0.1, -0.05) is 12.1 Å². The number of hydrogen-bond donors (Lipinski definition) is 2. The molecule has 4 heteroatoms. The van der Waals surface area contributed by atoms with E-state index in [0.717, 1.165) is 30.5 Å². The fourth-order valence-electron chi connectivity index (χ4n) is 2.17. The van der Waals surface area contributed by atoms with Crippen LogP contribution in [0.3, 0.4) is 0 Å². The van der Waals surface area contributed by atoms with E-state index in [1.165, 1.54) is 0 Å². The molecule has 0 spiro atoms. The molecule has 1 unspecified atom stereocenters. The molecule has 0 saturated carbocycles. The highest BCUT2D eigenvalue weighted by molar-refractivity contribution is 5.72. The maximum absolute atomic E-state index is 10.1. The largest absolute Gasteiger partial charge is 0.438 e. The summed E-state index contributed by atoms with van der Waals surface area (Å²) >= 11 is 0. The molecule has 2 N–H and O–H groups in total. The van der Waals surface area contributed by atoms with Crippen LogP contribution >= 0.6 is 0 Å². The van der Waals surface area contributed by atoms with Gasteiger partial charge in [-0.2, -0.15) is 0 Å². The monoisotopic (exact) mass is 218 g/mol. The van der Waals surface area contributed by atoms with Gasteiger partial charge < -0.3 is 14.8 Å². The Morgan fingerprint density at radius 1 is 1.44 bits per heavy atom. The summed E-state index contributed by atoms with van der Waals surface area (Å²) in [5.41, 5.74) is 1.53. The van der Waals surface area contributed by atoms with Crippen molar-refractivity contribution in [3.05, 3.63) is 30.2 Å². The van der Waals surface area contributed by atoms with Gasteiger partial charge in [0.05, 0.1) is 0 Å². The Morgan fingerprint density at radius 3 is 3.06 bits per heavy atom. The zero-order valence-electron chi connectivity index (χ0n) is 8.89. The summed E-state index contributed by atoms with van der Waals surface area (Å²) in [6, 6.07) is 7.64. The molecular formula is C12H14N2O2. The molecule has 3 rings (SSSR count). The Kier molecular flexibility index (Phi) is 2.38. The Balaban J connectivity index is 1.92. The highest BCUT2D eigenvalue weighted by Gasteiger charge is 2.27. The minimum Gasteiger partial charge on any atom is -0.438 e. The second kappa shape index (κ2) is 3.88. The van der Waals surface area contributed by atoms with E-state index >= 15 is 0 Å². The van der Waals surface area contributed by atoms with Gasteiger partial charge in [-0.15, -0.1) is 0 Å². The molecule has 0 radical (unpaired) electrons. The maximum Gasteiger partial charge on any atom is 0.225 e. The Morgan fingerprint density at radius 2 is 2.31 bits per heavy atom.